The summed E-state index contributed by atoms with van der Waals surface area (Å²) < 4.78 is 82.2. The Morgan fingerprint density at radius 2 is 0.882 bits per heavy atom. The van der Waals surface area contributed by atoms with Crippen LogP contribution in [0.25, 0.3) is 11.1 Å². The second kappa shape index (κ2) is 20.0. The number of rotatable bonds is 13. The van der Waals surface area contributed by atoms with E-state index < -0.39 is 65.7 Å². The van der Waals surface area contributed by atoms with E-state index in [0.29, 0.717) is 11.1 Å². The third-order valence-electron chi connectivity index (χ3n) is 9.16. The Bertz CT molecular complexity index is 3060. The minimum Gasteiger partial charge on any atom is -0.494 e. The minimum atomic E-state index is -5.12. The van der Waals surface area contributed by atoms with Gasteiger partial charge < -0.3 is 9.47 Å². The van der Waals surface area contributed by atoms with E-state index in [2.05, 4.69) is 72.2 Å². The number of amides is 4. The van der Waals surface area contributed by atoms with Gasteiger partial charge in [-0.05, 0) is 61.4 Å². The largest absolute Gasteiger partial charge is 0.494 e. The summed E-state index contributed by atoms with van der Waals surface area (Å²) in [4.78, 5) is 54.3. The third-order valence-corrected chi connectivity index (χ3v) is 11.0. The van der Waals surface area contributed by atoms with E-state index in [1.165, 1.54) is 63.0 Å². The standard InChI is InChI=1S/C38H30N16O12S2/c1-17-9-25(51-53-31-33(55)43-37(41-15-39)44-34(31)56)27(65-3)13-23(17)49-47-19-5-7-21(29(11-19)67(59,60)61)22-8-6-20(12-30(22)68(62,63)64)48-50-24-14-28(66-4)26(10-18(24)2)52-54-32-35(57)45-38(42-16-40)46-36(32)58/h5-14,31-32H,1-4H3,(H,59,60,61)(H,62,63,64)(H2,41,43,44,55,56)(H2,42,45,46,57,58). The van der Waals surface area contributed by atoms with Crippen molar-refractivity contribution in [1.82, 2.24) is 21.3 Å². The molecule has 346 valence electrons. The van der Waals surface area contributed by atoms with Gasteiger partial charge in [0.25, 0.3) is 43.9 Å². The fraction of sp³-hybridized carbons (Fsp3) is 0.158. The summed E-state index contributed by atoms with van der Waals surface area (Å²) in [6, 6.07) is 8.90. The number of benzene rings is 4. The normalized spacial score (nSPS) is 16.6. The lowest BCUT2D eigenvalue weighted by atomic mass is 10.0. The highest BCUT2D eigenvalue weighted by Crippen LogP contribution is 2.40. The van der Waals surface area contributed by atoms with Gasteiger partial charge in [0.1, 0.15) is 32.7 Å². The van der Waals surface area contributed by atoms with Crippen molar-refractivity contribution in [3.8, 4) is 35.0 Å². The van der Waals surface area contributed by atoms with E-state index in [4.69, 9.17) is 20.0 Å². The summed E-state index contributed by atoms with van der Waals surface area (Å²) >= 11 is 0. The van der Waals surface area contributed by atoms with Crippen LogP contribution in [-0.2, 0) is 39.4 Å². The van der Waals surface area contributed by atoms with E-state index in [1.54, 1.807) is 13.8 Å². The van der Waals surface area contributed by atoms with Crippen LogP contribution < -0.4 is 30.7 Å². The van der Waals surface area contributed by atoms with Crippen molar-refractivity contribution in [3.63, 3.8) is 0 Å². The molecule has 0 bridgehead atoms. The van der Waals surface area contributed by atoms with Gasteiger partial charge in [-0.25, -0.2) is 0 Å². The molecule has 30 heteroatoms. The van der Waals surface area contributed by atoms with E-state index in [9.17, 15) is 45.1 Å². The maximum absolute atomic E-state index is 12.7. The van der Waals surface area contributed by atoms with Crippen molar-refractivity contribution in [2.24, 2.45) is 50.9 Å². The molecule has 2 fully saturated rings. The fourth-order valence-electron chi connectivity index (χ4n) is 5.97. The molecule has 2 heterocycles. The Morgan fingerprint density at radius 3 is 1.19 bits per heavy atom. The van der Waals surface area contributed by atoms with Crippen LogP contribution in [0, 0.1) is 36.8 Å². The molecule has 68 heavy (non-hydrogen) atoms. The van der Waals surface area contributed by atoms with E-state index in [-0.39, 0.29) is 68.7 Å². The third kappa shape index (κ3) is 11.0. The first-order valence-electron chi connectivity index (χ1n) is 18.7. The first kappa shape index (κ1) is 48.4. The molecule has 2 aliphatic rings. The highest BCUT2D eigenvalue weighted by Gasteiger charge is 2.35. The molecule has 0 spiro atoms. The molecule has 6 rings (SSSR count). The summed E-state index contributed by atoms with van der Waals surface area (Å²) in [7, 11) is -7.66. The van der Waals surface area contributed by atoms with E-state index >= 15 is 0 Å². The van der Waals surface area contributed by atoms with Crippen LogP contribution >= 0.6 is 0 Å². The summed E-state index contributed by atoms with van der Waals surface area (Å²) in [5.74, 6) is -4.18. The van der Waals surface area contributed by atoms with Crippen molar-refractivity contribution in [2.45, 2.75) is 35.7 Å². The van der Waals surface area contributed by atoms with Crippen molar-refractivity contribution in [2.75, 3.05) is 14.2 Å². The van der Waals surface area contributed by atoms with Crippen LogP contribution in [0.2, 0.25) is 0 Å². The number of azo groups is 4. The molecular formula is C38H30N16O12S2. The molecule has 28 nitrogen and oxygen atoms in total. The van der Waals surface area contributed by atoms with E-state index in [0.717, 1.165) is 24.3 Å². The molecule has 0 atom stereocenters. The van der Waals surface area contributed by atoms with E-state index in [1.807, 2.05) is 0 Å². The summed E-state index contributed by atoms with van der Waals surface area (Å²) in [6.45, 7) is 3.17. The lowest BCUT2D eigenvalue weighted by molar-refractivity contribution is -0.132. The molecule has 0 saturated carbocycles. The SMILES string of the molecule is COc1cc(N=Nc2ccc(-c3ccc(N=Nc4cc(OC)c(N=NC5C(=O)NC(=NC#N)NC5=O)cc4C)cc3S(=O)(=O)O)c(S(=O)(=O)O)c2)c(C)cc1N=NC1C(=O)NC(=NC#N)NC1=O. The van der Waals surface area contributed by atoms with Crippen molar-refractivity contribution >= 4 is 89.9 Å². The first-order chi connectivity index (χ1) is 32.2. The maximum Gasteiger partial charge on any atom is 0.295 e. The Balaban J connectivity index is 1.26. The number of carbonyl (C=O) groups is 4. The van der Waals surface area contributed by atoms with Gasteiger partial charge in [0.15, 0.2) is 0 Å². The quantitative estimate of drug-likeness (QED) is 0.0469. The topological polar surface area (TPSA) is 415 Å². The van der Waals surface area contributed by atoms with Crippen LogP contribution in [0.5, 0.6) is 11.5 Å². The van der Waals surface area contributed by atoms with Crippen molar-refractivity contribution < 1.29 is 54.6 Å². The van der Waals surface area contributed by atoms with Gasteiger partial charge in [-0.3, -0.25) is 49.6 Å². The lowest BCUT2D eigenvalue weighted by Gasteiger charge is -2.18. The zero-order valence-corrected chi connectivity index (χ0v) is 36.7. The van der Waals surface area contributed by atoms with Gasteiger partial charge in [0.2, 0.25) is 36.4 Å². The smallest absolute Gasteiger partial charge is 0.295 e. The van der Waals surface area contributed by atoms with Gasteiger partial charge in [-0.15, -0.1) is 9.98 Å². The summed E-state index contributed by atoms with van der Waals surface area (Å²) in [5, 5.41) is 58.0. The Kier molecular flexibility index (Phi) is 14.2. The van der Waals surface area contributed by atoms with Crippen LogP contribution in [0.15, 0.2) is 121 Å². The summed E-state index contributed by atoms with van der Waals surface area (Å²) in [6.07, 6.45) is 2.85. The second-order valence-electron chi connectivity index (χ2n) is 13.6. The average molecular weight is 967 g/mol. The van der Waals surface area contributed by atoms with Crippen LogP contribution in [0.4, 0.5) is 34.1 Å². The number of ether oxygens (including phenoxy) is 2. The monoisotopic (exact) mass is 966 g/mol. The van der Waals surface area contributed by atoms with Gasteiger partial charge in [-0.1, -0.05) is 12.1 Å². The zero-order chi connectivity index (χ0) is 49.5. The molecule has 4 aromatic rings. The number of guanidine groups is 2. The number of aliphatic imine (C=N–C) groups is 2. The number of aryl methyl sites for hydroxylation is 2. The van der Waals surface area contributed by atoms with Gasteiger partial charge in [0.05, 0.1) is 37.0 Å². The number of carbonyl (C=O) groups excluding carboxylic acids is 4. The van der Waals surface area contributed by atoms with Crippen LogP contribution in [0.1, 0.15) is 11.1 Å². The van der Waals surface area contributed by atoms with Crippen molar-refractivity contribution in [1.29, 1.82) is 10.5 Å². The minimum absolute atomic E-state index is 0.0624. The molecule has 2 aliphatic heterocycles. The van der Waals surface area contributed by atoms with Gasteiger partial charge >= 0.3 is 0 Å². The highest BCUT2D eigenvalue weighted by molar-refractivity contribution is 7.86. The maximum atomic E-state index is 12.7. The van der Waals surface area contributed by atoms with Crippen molar-refractivity contribution in [3.05, 3.63) is 71.8 Å². The fourth-order valence-corrected chi connectivity index (χ4v) is 7.42. The predicted octanol–water partition coefficient (Wildman–Crippen LogP) is 4.38. The molecule has 0 aromatic heterocycles. The average Bonchev–Trinajstić information content (AvgIpc) is 3.27. The molecule has 4 amide bonds. The van der Waals surface area contributed by atoms with Crippen LogP contribution in [-0.4, -0.2) is 87.8 Å². The molecule has 2 saturated heterocycles. The molecule has 0 aliphatic carbocycles. The highest BCUT2D eigenvalue weighted by atomic mass is 32.2. The Morgan fingerprint density at radius 1 is 0.529 bits per heavy atom. The van der Waals surface area contributed by atoms with Gasteiger partial charge in [-0.2, -0.15) is 68.3 Å². The molecule has 0 unspecified atom stereocenters. The molecular weight excluding hydrogens is 937 g/mol. The number of nitrogens with zero attached hydrogens (tertiary/aromatic N) is 12. The molecule has 6 N–H and O–H groups in total. The lowest BCUT2D eigenvalue weighted by Crippen LogP contribution is -2.58. The van der Waals surface area contributed by atoms with Crippen LogP contribution in [0.3, 0.4) is 0 Å². The zero-order valence-electron chi connectivity index (χ0n) is 35.1. The Hall–Kier alpha value is -9.10. The molecule has 4 aromatic carbocycles. The predicted molar refractivity (Wildman–Crippen MR) is 231 cm³/mol. The van der Waals surface area contributed by atoms with Gasteiger partial charge in [0, 0.05) is 23.3 Å². The summed E-state index contributed by atoms with van der Waals surface area (Å²) in [5.41, 5.74) is 0.284. The number of nitriles is 2. The molecule has 0 radical (unpaired) electrons. The number of hydrogen-bond donors (Lipinski definition) is 6. The first-order valence-corrected chi connectivity index (χ1v) is 21.6. The number of nitrogens with one attached hydrogen (secondary N) is 4. The number of hydrogen-bond acceptors (Lipinski definition) is 22. The Labute approximate surface area is 382 Å². The number of methoxy groups -OCH3 is 2. The second-order valence-corrected chi connectivity index (χ2v) is 16.4.